The SMILES string of the molecule is CCCCCCCCCCC(C)Br.c1ccc2cnccc2c1. The summed E-state index contributed by atoms with van der Waals surface area (Å²) in [6.45, 7) is 4.51. The first-order chi connectivity index (χ1) is 11.2. The van der Waals surface area contributed by atoms with Gasteiger partial charge in [-0.1, -0.05) is 105 Å². The van der Waals surface area contributed by atoms with E-state index in [-0.39, 0.29) is 0 Å². The first-order valence-corrected chi connectivity index (χ1v) is 10.1. The minimum atomic E-state index is 0.715. The van der Waals surface area contributed by atoms with Gasteiger partial charge in [-0.25, -0.2) is 0 Å². The maximum atomic E-state index is 4.01. The van der Waals surface area contributed by atoms with E-state index >= 15 is 0 Å². The van der Waals surface area contributed by atoms with Crippen LogP contribution in [0.15, 0.2) is 42.7 Å². The number of unbranched alkanes of at least 4 members (excludes halogenated alkanes) is 7. The van der Waals surface area contributed by atoms with Gasteiger partial charge in [-0.2, -0.15) is 0 Å². The third-order valence-corrected chi connectivity index (χ3v) is 4.46. The van der Waals surface area contributed by atoms with Crippen molar-refractivity contribution in [2.24, 2.45) is 0 Å². The summed E-state index contributed by atoms with van der Waals surface area (Å²) < 4.78 is 0. The van der Waals surface area contributed by atoms with E-state index in [4.69, 9.17) is 0 Å². The second kappa shape index (κ2) is 13.5. The molecule has 0 amide bonds. The predicted molar refractivity (Wildman–Crippen MR) is 107 cm³/mol. The van der Waals surface area contributed by atoms with Crippen LogP contribution in [0.3, 0.4) is 0 Å². The number of nitrogens with zero attached hydrogens (tertiary/aromatic N) is 1. The van der Waals surface area contributed by atoms with E-state index in [1.54, 1.807) is 0 Å². The Morgan fingerprint density at radius 1 is 0.870 bits per heavy atom. The van der Waals surface area contributed by atoms with Crippen LogP contribution >= 0.6 is 15.9 Å². The van der Waals surface area contributed by atoms with Gasteiger partial charge >= 0.3 is 0 Å². The topological polar surface area (TPSA) is 12.9 Å². The Labute approximate surface area is 151 Å². The van der Waals surface area contributed by atoms with E-state index in [0.29, 0.717) is 4.83 Å². The standard InChI is InChI=1S/C12H25Br.C9H7N/c1-3-4-5-6-7-8-9-10-11-12(2)13;1-2-4-9-7-10-6-5-8(9)3-1/h12H,3-11H2,1-2H3;1-7H. The second-order valence-electron chi connectivity index (χ2n) is 6.27. The van der Waals surface area contributed by atoms with Gasteiger partial charge in [-0.05, 0) is 23.3 Å². The highest BCUT2D eigenvalue weighted by atomic mass is 79.9. The van der Waals surface area contributed by atoms with E-state index in [0.717, 1.165) is 0 Å². The number of hydrogen-bond donors (Lipinski definition) is 0. The monoisotopic (exact) mass is 377 g/mol. The minimum absolute atomic E-state index is 0.715. The van der Waals surface area contributed by atoms with Crippen molar-refractivity contribution in [1.29, 1.82) is 0 Å². The number of pyridine rings is 1. The van der Waals surface area contributed by atoms with Gasteiger partial charge in [0.05, 0.1) is 0 Å². The van der Waals surface area contributed by atoms with Gasteiger partial charge in [0, 0.05) is 17.2 Å². The summed E-state index contributed by atoms with van der Waals surface area (Å²) in [5.41, 5.74) is 0. The van der Waals surface area contributed by atoms with Gasteiger partial charge in [0.1, 0.15) is 0 Å². The maximum Gasteiger partial charge on any atom is 0.0346 e. The van der Waals surface area contributed by atoms with Crippen LogP contribution in [0, 0.1) is 0 Å². The molecular formula is C21H32BrN. The van der Waals surface area contributed by atoms with Crippen LogP contribution in [0.25, 0.3) is 10.8 Å². The molecule has 2 rings (SSSR count). The molecule has 0 N–H and O–H groups in total. The molecule has 0 saturated carbocycles. The molecule has 2 heteroatoms. The Kier molecular flexibility index (Phi) is 11.9. The lowest BCUT2D eigenvalue weighted by molar-refractivity contribution is 0.565. The molecular weight excluding hydrogens is 346 g/mol. The highest BCUT2D eigenvalue weighted by molar-refractivity contribution is 9.09. The van der Waals surface area contributed by atoms with Crippen molar-refractivity contribution in [3.8, 4) is 0 Å². The normalized spacial score (nSPS) is 11.8. The number of halogens is 1. The Morgan fingerprint density at radius 3 is 2.09 bits per heavy atom. The Morgan fingerprint density at radius 2 is 1.48 bits per heavy atom. The molecule has 1 aromatic carbocycles. The summed E-state index contributed by atoms with van der Waals surface area (Å²) in [5, 5.41) is 2.45. The van der Waals surface area contributed by atoms with E-state index in [2.05, 4.69) is 46.9 Å². The zero-order chi connectivity index (χ0) is 16.8. The molecule has 1 nitrogen and oxygen atoms in total. The Bertz CT molecular complexity index is 444. The predicted octanol–water partition coefficient (Wildman–Crippen LogP) is 7.54. The zero-order valence-electron chi connectivity index (χ0n) is 14.8. The quantitative estimate of drug-likeness (QED) is 0.324. The highest BCUT2D eigenvalue weighted by Crippen LogP contribution is 2.13. The molecule has 0 spiro atoms. The lowest BCUT2D eigenvalue weighted by Crippen LogP contribution is -1.89. The fourth-order valence-electron chi connectivity index (χ4n) is 2.59. The average molecular weight is 378 g/mol. The number of rotatable bonds is 9. The molecule has 1 unspecified atom stereocenters. The first-order valence-electron chi connectivity index (χ1n) is 9.17. The van der Waals surface area contributed by atoms with Crippen LogP contribution in [-0.4, -0.2) is 9.81 Å². The number of hydrogen-bond acceptors (Lipinski definition) is 1. The molecule has 1 aromatic heterocycles. The Hall–Kier alpha value is -0.890. The fraction of sp³-hybridized carbons (Fsp3) is 0.571. The number of benzene rings is 1. The van der Waals surface area contributed by atoms with Crippen LogP contribution in [0.5, 0.6) is 0 Å². The first kappa shape index (κ1) is 20.2. The molecule has 1 atom stereocenters. The van der Waals surface area contributed by atoms with Gasteiger partial charge < -0.3 is 0 Å². The van der Waals surface area contributed by atoms with Crippen molar-refractivity contribution in [2.75, 3.05) is 0 Å². The van der Waals surface area contributed by atoms with E-state index in [1.807, 2.05) is 30.6 Å². The zero-order valence-corrected chi connectivity index (χ0v) is 16.4. The largest absolute Gasteiger partial charge is 0.264 e. The molecule has 0 aliphatic carbocycles. The molecule has 0 fully saturated rings. The van der Waals surface area contributed by atoms with Crippen molar-refractivity contribution in [2.45, 2.75) is 76.5 Å². The van der Waals surface area contributed by atoms with Crippen LogP contribution < -0.4 is 0 Å². The molecule has 0 aliphatic rings. The number of fused-ring (bicyclic) bond motifs is 1. The minimum Gasteiger partial charge on any atom is -0.264 e. The molecule has 0 radical (unpaired) electrons. The molecule has 128 valence electrons. The Balaban J connectivity index is 0.000000235. The summed E-state index contributed by atoms with van der Waals surface area (Å²) in [6, 6.07) is 10.2. The summed E-state index contributed by atoms with van der Waals surface area (Å²) in [4.78, 5) is 4.73. The summed E-state index contributed by atoms with van der Waals surface area (Å²) in [5.74, 6) is 0. The number of alkyl halides is 1. The van der Waals surface area contributed by atoms with Crippen molar-refractivity contribution in [3.63, 3.8) is 0 Å². The molecule has 0 aliphatic heterocycles. The molecule has 0 saturated heterocycles. The van der Waals surface area contributed by atoms with Crippen LogP contribution in [0.4, 0.5) is 0 Å². The van der Waals surface area contributed by atoms with Gasteiger partial charge in [0.25, 0.3) is 0 Å². The maximum absolute atomic E-state index is 4.01. The second-order valence-corrected chi connectivity index (χ2v) is 7.83. The van der Waals surface area contributed by atoms with E-state index in [9.17, 15) is 0 Å². The number of aromatic nitrogens is 1. The molecule has 2 aromatic rings. The highest BCUT2D eigenvalue weighted by Gasteiger charge is 1.95. The van der Waals surface area contributed by atoms with Gasteiger partial charge in [-0.3, -0.25) is 4.98 Å². The van der Waals surface area contributed by atoms with Gasteiger partial charge in [-0.15, -0.1) is 0 Å². The van der Waals surface area contributed by atoms with Crippen molar-refractivity contribution < 1.29 is 0 Å². The average Bonchev–Trinajstić information content (AvgIpc) is 2.58. The van der Waals surface area contributed by atoms with Gasteiger partial charge in [0.2, 0.25) is 0 Å². The molecule has 23 heavy (non-hydrogen) atoms. The third kappa shape index (κ3) is 10.5. The lowest BCUT2D eigenvalue weighted by atomic mass is 10.1. The van der Waals surface area contributed by atoms with E-state index in [1.165, 1.54) is 68.6 Å². The van der Waals surface area contributed by atoms with Crippen molar-refractivity contribution >= 4 is 26.7 Å². The summed E-state index contributed by atoms with van der Waals surface area (Å²) >= 11 is 3.58. The van der Waals surface area contributed by atoms with Crippen LogP contribution in [0.1, 0.15) is 71.6 Å². The van der Waals surface area contributed by atoms with Crippen LogP contribution in [-0.2, 0) is 0 Å². The summed E-state index contributed by atoms with van der Waals surface area (Å²) in [6.07, 6.45) is 16.5. The van der Waals surface area contributed by atoms with Crippen LogP contribution in [0.2, 0.25) is 0 Å². The van der Waals surface area contributed by atoms with E-state index < -0.39 is 0 Å². The summed E-state index contributed by atoms with van der Waals surface area (Å²) in [7, 11) is 0. The molecule has 0 bridgehead atoms. The third-order valence-electron chi connectivity index (χ3n) is 4.01. The lowest BCUT2D eigenvalue weighted by Gasteiger charge is -2.03. The molecule has 1 heterocycles. The fourth-order valence-corrected chi connectivity index (χ4v) is 2.91. The van der Waals surface area contributed by atoms with Gasteiger partial charge in [0.15, 0.2) is 0 Å². The van der Waals surface area contributed by atoms with Crippen molar-refractivity contribution in [1.82, 2.24) is 4.98 Å². The van der Waals surface area contributed by atoms with Crippen molar-refractivity contribution in [3.05, 3.63) is 42.7 Å². The smallest absolute Gasteiger partial charge is 0.0346 e.